The Morgan fingerprint density at radius 2 is 0.930 bits per heavy atom. The Hall–Kier alpha value is -5.48. The fourth-order valence-corrected chi connectivity index (χ4v) is 6.82. The van der Waals surface area contributed by atoms with Crippen LogP contribution in [0.15, 0.2) is 121 Å². The largest absolute Gasteiger partial charge is 0.459 e. The van der Waals surface area contributed by atoms with Gasteiger partial charge >= 0.3 is 23.9 Å². The Labute approximate surface area is 328 Å². The topological polar surface area (TPSA) is 161 Å². The van der Waals surface area contributed by atoms with E-state index in [4.69, 9.17) is 47.4 Å². The van der Waals surface area contributed by atoms with Crippen LogP contribution in [0, 0.1) is 0 Å². The number of carbonyl (C=O) groups excluding carboxylic acids is 4. The predicted octanol–water partition coefficient (Wildman–Crippen LogP) is 5.15. The molecule has 0 saturated carbocycles. The lowest BCUT2D eigenvalue weighted by molar-refractivity contribution is -0.307. The van der Waals surface area contributed by atoms with E-state index in [9.17, 15) is 19.2 Å². The lowest BCUT2D eigenvalue weighted by Gasteiger charge is -2.44. The molecule has 57 heavy (non-hydrogen) atoms. The van der Waals surface area contributed by atoms with Crippen molar-refractivity contribution in [1.82, 2.24) is 0 Å². The van der Waals surface area contributed by atoms with E-state index < -0.39 is 91.6 Å². The average Bonchev–Trinajstić information content (AvgIpc) is 3.73. The Kier molecular flexibility index (Phi) is 12.4. The number of hydrogen-bond donors (Lipinski definition) is 0. The maximum Gasteiger partial charge on any atom is 0.338 e. The molecule has 9 atom stereocenters. The molecule has 4 aromatic rings. The number of fused-ring (bicyclic) bond motifs is 1. The summed E-state index contributed by atoms with van der Waals surface area (Å²) in [6, 6.07) is 32.6. The van der Waals surface area contributed by atoms with Crippen LogP contribution in [0.4, 0.5) is 0 Å². The van der Waals surface area contributed by atoms with Crippen molar-refractivity contribution in [2.24, 2.45) is 0 Å². The highest BCUT2D eigenvalue weighted by Crippen LogP contribution is 2.40. The van der Waals surface area contributed by atoms with Crippen molar-refractivity contribution < 1.29 is 66.5 Å². The maximum absolute atomic E-state index is 13.9. The van der Waals surface area contributed by atoms with Crippen LogP contribution in [0.1, 0.15) is 55.3 Å². The van der Waals surface area contributed by atoms with Gasteiger partial charge in [0, 0.05) is 7.11 Å². The van der Waals surface area contributed by atoms with Gasteiger partial charge in [-0.2, -0.15) is 0 Å². The van der Waals surface area contributed by atoms with Gasteiger partial charge in [-0.3, -0.25) is 0 Å². The first kappa shape index (κ1) is 39.7. The lowest BCUT2D eigenvalue weighted by atomic mass is 9.97. The molecule has 0 aliphatic carbocycles. The molecule has 0 aromatic heterocycles. The van der Waals surface area contributed by atoms with Crippen molar-refractivity contribution >= 4 is 23.9 Å². The molecule has 298 valence electrons. The highest BCUT2D eigenvalue weighted by Gasteiger charge is 2.57. The van der Waals surface area contributed by atoms with Crippen LogP contribution in [-0.2, 0) is 47.4 Å². The van der Waals surface area contributed by atoms with E-state index >= 15 is 0 Å². The molecule has 3 aliphatic rings. The van der Waals surface area contributed by atoms with Gasteiger partial charge in [-0.15, -0.1) is 0 Å². The third-order valence-corrected chi connectivity index (χ3v) is 9.50. The second kappa shape index (κ2) is 17.8. The summed E-state index contributed by atoms with van der Waals surface area (Å²) in [7, 11) is 1.48. The summed E-state index contributed by atoms with van der Waals surface area (Å²) in [6.45, 7) is 2.82. The third-order valence-electron chi connectivity index (χ3n) is 9.50. The van der Waals surface area contributed by atoms with E-state index in [0.717, 1.165) is 0 Å². The first-order chi connectivity index (χ1) is 27.6. The first-order valence-corrected chi connectivity index (χ1v) is 18.4. The summed E-state index contributed by atoms with van der Waals surface area (Å²) in [5.74, 6) is -4.09. The highest BCUT2D eigenvalue weighted by atomic mass is 16.8. The molecule has 0 amide bonds. The van der Waals surface area contributed by atoms with Gasteiger partial charge in [0.05, 0.1) is 28.9 Å². The Balaban J connectivity index is 1.25. The average molecular weight is 783 g/mol. The van der Waals surface area contributed by atoms with Gasteiger partial charge in [0.15, 0.2) is 36.7 Å². The summed E-state index contributed by atoms with van der Waals surface area (Å²) >= 11 is 0. The van der Waals surface area contributed by atoms with Gasteiger partial charge in [-0.25, -0.2) is 19.2 Å². The van der Waals surface area contributed by atoms with Gasteiger partial charge in [-0.1, -0.05) is 72.8 Å². The number of rotatable bonds is 13. The normalized spacial score (nSPS) is 27.5. The van der Waals surface area contributed by atoms with E-state index in [0.29, 0.717) is 0 Å². The molecule has 14 heteroatoms. The monoisotopic (exact) mass is 782 g/mol. The molecule has 14 nitrogen and oxygen atoms in total. The van der Waals surface area contributed by atoms with Crippen molar-refractivity contribution in [3.05, 3.63) is 144 Å². The lowest BCUT2D eigenvalue weighted by Crippen LogP contribution is -2.63. The highest BCUT2D eigenvalue weighted by molar-refractivity contribution is 5.91. The van der Waals surface area contributed by atoms with Crippen LogP contribution in [-0.4, -0.2) is 105 Å². The quantitative estimate of drug-likeness (QED) is 0.129. The van der Waals surface area contributed by atoms with E-state index in [2.05, 4.69) is 0 Å². The molecule has 0 unspecified atom stereocenters. The number of carbonyl (C=O) groups is 4. The van der Waals surface area contributed by atoms with Gasteiger partial charge in [0.2, 0.25) is 0 Å². The van der Waals surface area contributed by atoms with Crippen molar-refractivity contribution in [3.63, 3.8) is 0 Å². The maximum atomic E-state index is 13.9. The minimum absolute atomic E-state index is 0.159. The molecule has 4 aromatic carbocycles. The molecule has 0 N–H and O–H groups in total. The van der Waals surface area contributed by atoms with E-state index in [1.807, 2.05) is 0 Å². The minimum Gasteiger partial charge on any atom is -0.459 e. The summed E-state index contributed by atoms with van der Waals surface area (Å²) in [5.41, 5.74) is 0.753. The Morgan fingerprint density at radius 3 is 1.42 bits per heavy atom. The molecule has 7 rings (SSSR count). The molecule has 0 bridgehead atoms. The second-order valence-corrected chi connectivity index (χ2v) is 13.9. The SMILES string of the molecule is CO[C@H]1O[C@H](CO[C@H]2O[C@H](COC(=O)c3ccccc3)[C@@H](OC(=O)c3ccccc3)[C@H](OC(=O)c3ccccc3)[C@@H]2OC(=O)c2ccccc2)[C@@H]2OC(C)(C)O[C@H]12. The number of esters is 4. The molecule has 3 saturated heterocycles. The molecule has 3 fully saturated rings. The molecular weight excluding hydrogens is 740 g/mol. The minimum atomic E-state index is -1.58. The zero-order valence-electron chi connectivity index (χ0n) is 31.4. The smallest absolute Gasteiger partial charge is 0.338 e. The molecule has 3 heterocycles. The van der Waals surface area contributed by atoms with Gasteiger partial charge in [0.25, 0.3) is 0 Å². The van der Waals surface area contributed by atoms with Crippen LogP contribution >= 0.6 is 0 Å². The van der Waals surface area contributed by atoms with E-state index in [-0.39, 0.29) is 28.9 Å². The third kappa shape index (κ3) is 9.39. The molecule has 0 spiro atoms. The van der Waals surface area contributed by atoms with E-state index in [1.54, 1.807) is 123 Å². The van der Waals surface area contributed by atoms with Gasteiger partial charge in [-0.05, 0) is 62.4 Å². The second-order valence-electron chi connectivity index (χ2n) is 13.9. The standard InChI is InChI=1S/C43H42O14/c1-43(2)56-33-31(51-41(48-3)36(33)57-43)25-50-42-35(55-40(47)29-22-14-7-15-23-29)34(54-39(46)28-20-12-6-13-21-28)32(53-38(45)27-18-10-5-11-19-27)30(52-42)24-49-37(44)26-16-8-4-9-17-26/h4-23,30-36,41-42H,24-25H2,1-3H3/t30-,31-,32-,33+,34+,35+,36+,41+,42+/m1/s1. The zero-order valence-corrected chi connectivity index (χ0v) is 31.4. The van der Waals surface area contributed by atoms with E-state index in [1.165, 1.54) is 19.2 Å². The number of benzene rings is 4. The first-order valence-electron chi connectivity index (χ1n) is 18.4. The predicted molar refractivity (Wildman–Crippen MR) is 198 cm³/mol. The fourth-order valence-electron chi connectivity index (χ4n) is 6.82. The summed E-state index contributed by atoms with van der Waals surface area (Å²) < 4.78 is 60.6. The Morgan fingerprint density at radius 1 is 0.509 bits per heavy atom. The van der Waals surface area contributed by atoms with Crippen molar-refractivity contribution in [1.29, 1.82) is 0 Å². The summed E-state index contributed by atoms with van der Waals surface area (Å²) in [6.07, 6.45) is -10.2. The van der Waals surface area contributed by atoms with Crippen LogP contribution in [0.3, 0.4) is 0 Å². The van der Waals surface area contributed by atoms with Crippen LogP contribution in [0.5, 0.6) is 0 Å². The van der Waals surface area contributed by atoms with Crippen molar-refractivity contribution in [2.45, 2.75) is 74.9 Å². The Bertz CT molecular complexity index is 1980. The summed E-state index contributed by atoms with van der Waals surface area (Å²) in [5, 5.41) is 0. The zero-order chi connectivity index (χ0) is 39.9. The van der Waals surface area contributed by atoms with Gasteiger partial charge in [0.1, 0.15) is 31.0 Å². The van der Waals surface area contributed by atoms with Crippen molar-refractivity contribution in [3.8, 4) is 0 Å². The fraction of sp³-hybridized carbons (Fsp3) is 0.349. The van der Waals surface area contributed by atoms with Crippen LogP contribution in [0.25, 0.3) is 0 Å². The number of methoxy groups -OCH3 is 1. The molecule has 0 radical (unpaired) electrons. The summed E-state index contributed by atoms with van der Waals surface area (Å²) in [4.78, 5) is 54.6. The molecular formula is C43H42O14. The van der Waals surface area contributed by atoms with Crippen LogP contribution in [0.2, 0.25) is 0 Å². The molecule has 3 aliphatic heterocycles. The number of ether oxygens (including phenoxy) is 10. The van der Waals surface area contributed by atoms with Gasteiger partial charge < -0.3 is 47.4 Å². The van der Waals surface area contributed by atoms with Crippen molar-refractivity contribution in [2.75, 3.05) is 20.3 Å². The van der Waals surface area contributed by atoms with Crippen LogP contribution < -0.4 is 0 Å². The number of hydrogen-bond acceptors (Lipinski definition) is 14.